The van der Waals surface area contributed by atoms with Crippen LogP contribution in [-0.2, 0) is 11.2 Å². The first-order chi connectivity index (χ1) is 14.6. The minimum Gasteiger partial charge on any atom is -0.486 e. The lowest BCUT2D eigenvalue weighted by atomic mass is 10.1. The van der Waals surface area contributed by atoms with Gasteiger partial charge < -0.3 is 14.8 Å². The van der Waals surface area contributed by atoms with E-state index >= 15 is 0 Å². The van der Waals surface area contributed by atoms with Gasteiger partial charge in [-0.1, -0.05) is 30.0 Å². The van der Waals surface area contributed by atoms with E-state index in [4.69, 9.17) is 9.47 Å². The number of carbonyl (C=O) groups excluding carboxylic acids is 1. The maximum Gasteiger partial charge on any atom is 0.230 e. The van der Waals surface area contributed by atoms with Crippen LogP contribution in [0.15, 0.2) is 53.9 Å². The number of fused-ring (bicyclic) bond motifs is 1. The molecule has 6 nitrogen and oxygen atoms in total. The Labute approximate surface area is 180 Å². The predicted octanol–water partition coefficient (Wildman–Crippen LogP) is 3.71. The second-order valence-corrected chi connectivity index (χ2v) is 8.18. The summed E-state index contributed by atoms with van der Waals surface area (Å²) in [6, 6.07) is 12.2. The average molecular weight is 424 g/mol. The minimum atomic E-state index is -0.00643. The zero-order valence-electron chi connectivity index (χ0n) is 17.2. The van der Waals surface area contributed by atoms with E-state index in [0.717, 1.165) is 34.3 Å². The van der Waals surface area contributed by atoms with Gasteiger partial charge in [-0.25, -0.2) is 4.98 Å². The summed E-state index contributed by atoms with van der Waals surface area (Å²) in [4.78, 5) is 16.7. The van der Waals surface area contributed by atoms with E-state index in [-0.39, 0.29) is 5.91 Å². The van der Waals surface area contributed by atoms with E-state index in [1.807, 2.05) is 29.0 Å². The second-order valence-electron chi connectivity index (χ2n) is 7.24. The third-order valence-electron chi connectivity index (χ3n) is 4.91. The number of hydrogen-bond donors (Lipinski definition) is 1. The largest absolute Gasteiger partial charge is 0.486 e. The average Bonchev–Trinajstić information content (AvgIpc) is 3.22. The van der Waals surface area contributed by atoms with Crippen molar-refractivity contribution in [3.8, 4) is 17.2 Å². The summed E-state index contributed by atoms with van der Waals surface area (Å²) in [6.45, 7) is 5.88. The summed E-state index contributed by atoms with van der Waals surface area (Å²) in [6.07, 6.45) is 4.44. The Bertz CT molecular complexity index is 1050. The fraction of sp³-hybridized carbons (Fsp3) is 0.304. The van der Waals surface area contributed by atoms with Gasteiger partial charge in [0.2, 0.25) is 5.91 Å². The number of ether oxygens (including phenoxy) is 2. The highest BCUT2D eigenvalue weighted by atomic mass is 32.2. The Morgan fingerprint density at radius 3 is 2.83 bits per heavy atom. The smallest absolute Gasteiger partial charge is 0.230 e. The van der Waals surface area contributed by atoms with Crippen molar-refractivity contribution in [1.82, 2.24) is 14.9 Å². The molecule has 156 valence electrons. The molecular weight excluding hydrogens is 398 g/mol. The SMILES string of the molecule is Cc1ccc(C)c(-n2ccnc2SCC(=O)NCCc2ccc3c(c2)OCCO3)c1. The lowest BCUT2D eigenvalue weighted by Crippen LogP contribution is -2.27. The number of thioether (sulfide) groups is 1. The Hall–Kier alpha value is -2.93. The number of imidazole rings is 1. The zero-order valence-corrected chi connectivity index (χ0v) is 18.0. The van der Waals surface area contributed by atoms with E-state index in [1.165, 1.54) is 22.9 Å². The molecule has 0 fully saturated rings. The van der Waals surface area contributed by atoms with Gasteiger partial charge in [0.25, 0.3) is 0 Å². The van der Waals surface area contributed by atoms with E-state index in [2.05, 4.69) is 42.3 Å². The number of carbonyl (C=O) groups is 1. The van der Waals surface area contributed by atoms with Crippen LogP contribution in [0.2, 0.25) is 0 Å². The normalized spacial score (nSPS) is 12.6. The van der Waals surface area contributed by atoms with Crippen LogP contribution in [0.5, 0.6) is 11.5 Å². The molecule has 7 heteroatoms. The predicted molar refractivity (Wildman–Crippen MR) is 118 cm³/mol. The maximum atomic E-state index is 12.3. The van der Waals surface area contributed by atoms with Crippen molar-refractivity contribution < 1.29 is 14.3 Å². The molecule has 4 rings (SSSR count). The Balaban J connectivity index is 1.29. The first-order valence-corrected chi connectivity index (χ1v) is 11.0. The molecular formula is C23H25N3O3S. The van der Waals surface area contributed by atoms with Crippen LogP contribution in [0.25, 0.3) is 5.69 Å². The molecule has 1 aliphatic rings. The first-order valence-electron chi connectivity index (χ1n) is 9.99. The molecule has 0 unspecified atom stereocenters. The van der Waals surface area contributed by atoms with Crippen LogP contribution in [0.3, 0.4) is 0 Å². The van der Waals surface area contributed by atoms with Crippen molar-refractivity contribution in [2.45, 2.75) is 25.4 Å². The first kappa shape index (κ1) is 20.3. The Morgan fingerprint density at radius 1 is 1.13 bits per heavy atom. The quantitative estimate of drug-likeness (QED) is 0.587. The second kappa shape index (κ2) is 9.26. The summed E-state index contributed by atoms with van der Waals surface area (Å²) < 4.78 is 13.2. The number of hydrogen-bond acceptors (Lipinski definition) is 5. The lowest BCUT2D eigenvalue weighted by Gasteiger charge is -2.18. The van der Waals surface area contributed by atoms with E-state index in [1.54, 1.807) is 6.20 Å². The van der Waals surface area contributed by atoms with E-state index in [9.17, 15) is 4.79 Å². The third-order valence-corrected chi connectivity index (χ3v) is 5.87. The molecule has 1 N–H and O–H groups in total. The number of benzene rings is 2. The van der Waals surface area contributed by atoms with Crippen LogP contribution in [0, 0.1) is 13.8 Å². The van der Waals surface area contributed by atoms with Crippen LogP contribution < -0.4 is 14.8 Å². The number of amides is 1. The van der Waals surface area contributed by atoms with Gasteiger partial charge in [0.1, 0.15) is 13.2 Å². The zero-order chi connectivity index (χ0) is 20.9. The highest BCUT2D eigenvalue weighted by Crippen LogP contribution is 2.30. The van der Waals surface area contributed by atoms with Gasteiger partial charge in [-0.05, 0) is 55.2 Å². The van der Waals surface area contributed by atoms with Crippen molar-refractivity contribution in [3.63, 3.8) is 0 Å². The Morgan fingerprint density at radius 2 is 1.97 bits per heavy atom. The number of rotatable bonds is 7. The van der Waals surface area contributed by atoms with Gasteiger partial charge in [0.05, 0.1) is 11.4 Å². The van der Waals surface area contributed by atoms with Crippen LogP contribution in [-0.4, -0.2) is 41.0 Å². The van der Waals surface area contributed by atoms with Crippen molar-refractivity contribution in [1.29, 1.82) is 0 Å². The Kier molecular flexibility index (Phi) is 6.28. The van der Waals surface area contributed by atoms with E-state index < -0.39 is 0 Å². The molecule has 3 aromatic rings. The number of nitrogens with one attached hydrogen (secondary N) is 1. The molecule has 30 heavy (non-hydrogen) atoms. The highest BCUT2D eigenvalue weighted by molar-refractivity contribution is 7.99. The lowest BCUT2D eigenvalue weighted by molar-refractivity contribution is -0.118. The number of nitrogens with zero attached hydrogens (tertiary/aromatic N) is 2. The number of aromatic nitrogens is 2. The van der Waals surface area contributed by atoms with Gasteiger partial charge in [-0.3, -0.25) is 9.36 Å². The fourth-order valence-corrected chi connectivity index (χ4v) is 4.13. The molecule has 1 amide bonds. The molecule has 2 aromatic carbocycles. The summed E-state index contributed by atoms with van der Waals surface area (Å²) in [5.41, 5.74) is 4.56. The van der Waals surface area contributed by atoms with Crippen molar-refractivity contribution >= 4 is 17.7 Å². The van der Waals surface area contributed by atoms with Crippen LogP contribution >= 0.6 is 11.8 Å². The monoisotopic (exact) mass is 423 g/mol. The molecule has 1 aliphatic heterocycles. The van der Waals surface area contributed by atoms with Gasteiger partial charge in [0.15, 0.2) is 16.7 Å². The van der Waals surface area contributed by atoms with Crippen molar-refractivity contribution in [2.75, 3.05) is 25.5 Å². The minimum absolute atomic E-state index is 0.00643. The summed E-state index contributed by atoms with van der Waals surface area (Å²) in [5.74, 6) is 1.87. The summed E-state index contributed by atoms with van der Waals surface area (Å²) in [5, 5.41) is 3.80. The van der Waals surface area contributed by atoms with E-state index in [0.29, 0.717) is 25.5 Å². The summed E-state index contributed by atoms with van der Waals surface area (Å²) in [7, 11) is 0. The van der Waals surface area contributed by atoms with Gasteiger partial charge in [0, 0.05) is 18.9 Å². The van der Waals surface area contributed by atoms with Gasteiger partial charge >= 0.3 is 0 Å². The molecule has 0 atom stereocenters. The molecule has 0 saturated heterocycles. The topological polar surface area (TPSA) is 65.4 Å². The maximum absolute atomic E-state index is 12.3. The van der Waals surface area contributed by atoms with Crippen LogP contribution in [0.1, 0.15) is 16.7 Å². The molecule has 2 heterocycles. The summed E-state index contributed by atoms with van der Waals surface area (Å²) >= 11 is 1.44. The fourth-order valence-electron chi connectivity index (χ4n) is 3.33. The van der Waals surface area contributed by atoms with Crippen molar-refractivity contribution in [3.05, 3.63) is 65.5 Å². The molecule has 0 spiro atoms. The number of aryl methyl sites for hydroxylation is 2. The van der Waals surface area contributed by atoms with Gasteiger partial charge in [-0.15, -0.1) is 0 Å². The standard InChI is InChI=1S/C23H25N3O3S/c1-16-3-4-17(2)19(13-16)26-10-9-25-23(26)30-15-22(27)24-8-7-18-5-6-20-21(14-18)29-12-11-28-20/h3-6,9-10,13-14H,7-8,11-12,15H2,1-2H3,(H,24,27). The van der Waals surface area contributed by atoms with Crippen LogP contribution in [0.4, 0.5) is 0 Å². The van der Waals surface area contributed by atoms with Gasteiger partial charge in [-0.2, -0.15) is 0 Å². The molecule has 0 aliphatic carbocycles. The third kappa shape index (κ3) is 4.79. The molecule has 0 bridgehead atoms. The van der Waals surface area contributed by atoms with Crippen molar-refractivity contribution in [2.24, 2.45) is 0 Å². The molecule has 0 radical (unpaired) electrons. The molecule has 0 saturated carbocycles. The molecule has 1 aromatic heterocycles. The highest BCUT2D eigenvalue weighted by Gasteiger charge is 2.13.